The third-order valence-electron chi connectivity index (χ3n) is 7.35. The smallest absolute Gasteiger partial charge is 0.264 e. The summed E-state index contributed by atoms with van der Waals surface area (Å²) in [5.74, 6) is -1.53. The molecule has 0 heterocycles. The third-order valence-corrected chi connectivity index (χ3v) is 9.84. The standard InChI is InChI=1S/C35H36Cl2FN3O4S/c1-24(2)21-39-35(43)33(20-26-8-5-4-6-9-26)40(22-30-31(36)10-7-11-32(30)37)34(42)23-41(28-16-14-27(38)15-17-28)46(44,45)29-18-12-25(3)13-19-29/h4-19,24,33H,20-23H2,1-3H3,(H,39,43)/t33-/m1/s1. The molecule has 0 aliphatic rings. The first-order valence-corrected chi connectivity index (χ1v) is 17.0. The van der Waals surface area contributed by atoms with E-state index >= 15 is 0 Å². The SMILES string of the molecule is Cc1ccc(S(=O)(=O)N(CC(=O)N(Cc2c(Cl)cccc2Cl)[C@H](Cc2ccccc2)C(=O)NCC(C)C)c2ccc(F)cc2)cc1. The van der Waals surface area contributed by atoms with Crippen LogP contribution in [0.2, 0.25) is 10.0 Å². The number of nitrogens with one attached hydrogen (secondary N) is 1. The second-order valence-electron chi connectivity index (χ2n) is 11.4. The second kappa shape index (κ2) is 15.6. The Morgan fingerprint density at radius 1 is 0.848 bits per heavy atom. The number of rotatable bonds is 13. The third kappa shape index (κ3) is 8.87. The van der Waals surface area contributed by atoms with E-state index < -0.39 is 40.2 Å². The number of benzene rings is 4. The number of carbonyl (C=O) groups excluding carboxylic acids is 2. The van der Waals surface area contributed by atoms with E-state index in [1.54, 1.807) is 30.3 Å². The van der Waals surface area contributed by atoms with Crippen molar-refractivity contribution in [3.8, 4) is 0 Å². The molecular formula is C35H36Cl2FN3O4S. The molecule has 2 amide bonds. The summed E-state index contributed by atoms with van der Waals surface area (Å²) in [6, 6.07) is 24.1. The average molecular weight is 685 g/mol. The first-order valence-electron chi connectivity index (χ1n) is 14.8. The highest BCUT2D eigenvalue weighted by molar-refractivity contribution is 7.92. The Kier molecular flexibility index (Phi) is 11.8. The molecule has 4 rings (SSSR count). The molecular weight excluding hydrogens is 648 g/mol. The molecule has 0 saturated heterocycles. The van der Waals surface area contributed by atoms with Gasteiger partial charge in [-0.2, -0.15) is 0 Å². The van der Waals surface area contributed by atoms with Gasteiger partial charge in [0.1, 0.15) is 18.4 Å². The summed E-state index contributed by atoms with van der Waals surface area (Å²) >= 11 is 13.1. The highest BCUT2D eigenvalue weighted by Crippen LogP contribution is 2.29. The van der Waals surface area contributed by atoms with E-state index in [4.69, 9.17) is 23.2 Å². The summed E-state index contributed by atoms with van der Waals surface area (Å²) < 4.78 is 43.0. The van der Waals surface area contributed by atoms with Gasteiger partial charge in [-0.1, -0.05) is 91.1 Å². The average Bonchev–Trinajstić information content (AvgIpc) is 3.02. The Balaban J connectivity index is 1.83. The molecule has 0 radical (unpaired) electrons. The van der Waals surface area contributed by atoms with Crippen molar-refractivity contribution in [2.75, 3.05) is 17.4 Å². The van der Waals surface area contributed by atoms with Gasteiger partial charge < -0.3 is 10.2 Å². The van der Waals surface area contributed by atoms with Crippen molar-refractivity contribution in [1.29, 1.82) is 0 Å². The summed E-state index contributed by atoms with van der Waals surface area (Å²) in [7, 11) is -4.32. The quantitative estimate of drug-likeness (QED) is 0.164. The number of hydrogen-bond donors (Lipinski definition) is 1. The second-order valence-corrected chi connectivity index (χ2v) is 14.0. The fourth-order valence-electron chi connectivity index (χ4n) is 4.80. The van der Waals surface area contributed by atoms with Crippen molar-refractivity contribution >= 4 is 50.7 Å². The number of sulfonamides is 1. The highest BCUT2D eigenvalue weighted by atomic mass is 35.5. The summed E-state index contributed by atoms with van der Waals surface area (Å²) in [5, 5.41) is 3.51. The number of carbonyl (C=O) groups is 2. The zero-order valence-electron chi connectivity index (χ0n) is 25.8. The summed E-state index contributed by atoms with van der Waals surface area (Å²) in [4.78, 5) is 29.6. The molecule has 0 fully saturated rings. The molecule has 1 atom stereocenters. The molecule has 0 spiro atoms. The minimum atomic E-state index is -4.32. The van der Waals surface area contributed by atoms with Gasteiger partial charge in [-0.15, -0.1) is 0 Å². The number of halogens is 3. The van der Waals surface area contributed by atoms with Crippen molar-refractivity contribution < 1.29 is 22.4 Å². The summed E-state index contributed by atoms with van der Waals surface area (Å²) in [6.07, 6.45) is 0.139. The first kappa shape index (κ1) is 34.9. The maximum Gasteiger partial charge on any atom is 0.264 e. The van der Waals surface area contributed by atoms with E-state index in [1.165, 1.54) is 29.2 Å². The van der Waals surface area contributed by atoms with Gasteiger partial charge in [0.05, 0.1) is 10.6 Å². The summed E-state index contributed by atoms with van der Waals surface area (Å²) in [5.41, 5.74) is 2.12. The van der Waals surface area contributed by atoms with Gasteiger partial charge in [-0.3, -0.25) is 13.9 Å². The predicted octanol–water partition coefficient (Wildman–Crippen LogP) is 7.05. The zero-order valence-corrected chi connectivity index (χ0v) is 28.1. The Morgan fingerprint density at radius 3 is 2.04 bits per heavy atom. The van der Waals surface area contributed by atoms with Crippen molar-refractivity contribution in [3.05, 3.63) is 130 Å². The van der Waals surface area contributed by atoms with Crippen LogP contribution in [-0.2, 0) is 32.6 Å². The van der Waals surface area contributed by atoms with Crippen molar-refractivity contribution in [3.63, 3.8) is 0 Å². The molecule has 46 heavy (non-hydrogen) atoms. The van der Waals surface area contributed by atoms with Gasteiger partial charge in [0, 0.05) is 35.1 Å². The van der Waals surface area contributed by atoms with Gasteiger partial charge in [-0.05, 0) is 66.9 Å². The fraction of sp³-hybridized carbons (Fsp3) is 0.257. The minimum absolute atomic E-state index is 0.0496. The molecule has 11 heteroatoms. The Morgan fingerprint density at radius 2 is 1.46 bits per heavy atom. The number of aryl methyl sites for hydroxylation is 1. The molecule has 0 aliphatic heterocycles. The molecule has 0 aromatic heterocycles. The first-order chi connectivity index (χ1) is 21.9. The number of hydrogen-bond acceptors (Lipinski definition) is 4. The van der Waals surface area contributed by atoms with Crippen LogP contribution in [-0.4, -0.2) is 44.3 Å². The van der Waals surface area contributed by atoms with Crippen LogP contribution in [0.1, 0.15) is 30.5 Å². The minimum Gasteiger partial charge on any atom is -0.354 e. The molecule has 4 aromatic carbocycles. The Hall–Kier alpha value is -3.92. The molecule has 242 valence electrons. The Bertz CT molecular complexity index is 1730. The van der Waals surface area contributed by atoms with E-state index in [2.05, 4.69) is 5.32 Å². The monoisotopic (exact) mass is 683 g/mol. The van der Waals surface area contributed by atoms with Gasteiger partial charge in [0.25, 0.3) is 10.0 Å². The van der Waals surface area contributed by atoms with E-state index in [0.717, 1.165) is 27.6 Å². The lowest BCUT2D eigenvalue weighted by atomic mass is 10.0. The summed E-state index contributed by atoms with van der Waals surface area (Å²) in [6.45, 7) is 5.23. The van der Waals surface area contributed by atoms with E-state index in [-0.39, 0.29) is 39.5 Å². The molecule has 0 bridgehead atoms. The van der Waals surface area contributed by atoms with Gasteiger partial charge in [0.2, 0.25) is 11.8 Å². The van der Waals surface area contributed by atoms with Crippen LogP contribution in [0.5, 0.6) is 0 Å². The molecule has 0 aliphatic carbocycles. The van der Waals surface area contributed by atoms with Crippen molar-refractivity contribution in [2.45, 2.75) is 44.7 Å². The number of amides is 2. The lowest BCUT2D eigenvalue weighted by Gasteiger charge is -2.34. The van der Waals surface area contributed by atoms with Crippen LogP contribution in [0.25, 0.3) is 0 Å². The lowest BCUT2D eigenvalue weighted by molar-refractivity contribution is -0.140. The van der Waals surface area contributed by atoms with Gasteiger partial charge >= 0.3 is 0 Å². The van der Waals surface area contributed by atoms with Crippen molar-refractivity contribution in [1.82, 2.24) is 10.2 Å². The lowest BCUT2D eigenvalue weighted by Crippen LogP contribution is -2.53. The Labute approximate surface area is 280 Å². The molecule has 1 N–H and O–H groups in total. The normalized spacial score (nSPS) is 12.1. The van der Waals surface area contributed by atoms with Crippen LogP contribution in [0.3, 0.4) is 0 Å². The molecule has 0 saturated carbocycles. The largest absolute Gasteiger partial charge is 0.354 e. The van der Waals surface area contributed by atoms with Gasteiger partial charge in [-0.25, -0.2) is 12.8 Å². The van der Waals surface area contributed by atoms with Crippen LogP contribution >= 0.6 is 23.2 Å². The predicted molar refractivity (Wildman–Crippen MR) is 181 cm³/mol. The number of nitrogens with zero attached hydrogens (tertiary/aromatic N) is 2. The maximum atomic E-state index is 14.5. The highest BCUT2D eigenvalue weighted by Gasteiger charge is 2.35. The van der Waals surface area contributed by atoms with Crippen LogP contribution in [0.4, 0.5) is 10.1 Å². The topological polar surface area (TPSA) is 86.8 Å². The van der Waals surface area contributed by atoms with E-state index in [1.807, 2.05) is 51.1 Å². The molecule has 7 nitrogen and oxygen atoms in total. The molecule has 4 aromatic rings. The van der Waals surface area contributed by atoms with E-state index in [0.29, 0.717) is 12.1 Å². The van der Waals surface area contributed by atoms with Crippen molar-refractivity contribution in [2.24, 2.45) is 5.92 Å². The van der Waals surface area contributed by atoms with Crippen LogP contribution < -0.4 is 9.62 Å². The van der Waals surface area contributed by atoms with Crippen LogP contribution in [0.15, 0.2) is 102 Å². The maximum absolute atomic E-state index is 14.5. The van der Waals surface area contributed by atoms with Crippen LogP contribution in [0, 0.1) is 18.7 Å². The zero-order chi connectivity index (χ0) is 33.4. The van der Waals surface area contributed by atoms with Gasteiger partial charge in [0.15, 0.2) is 0 Å². The van der Waals surface area contributed by atoms with E-state index in [9.17, 15) is 22.4 Å². The fourth-order valence-corrected chi connectivity index (χ4v) is 6.73. The number of anilines is 1. The molecule has 0 unspecified atom stereocenters.